The molecule has 1 amide bonds. The zero-order valence-corrected chi connectivity index (χ0v) is 16.0. The van der Waals surface area contributed by atoms with Crippen molar-refractivity contribution in [3.8, 4) is 0 Å². The first-order valence-corrected chi connectivity index (χ1v) is 9.52. The molecule has 3 aromatic rings. The third kappa shape index (κ3) is 3.73. The Kier molecular flexibility index (Phi) is 5.18. The molecular weight excluding hydrogens is 387 g/mol. The van der Waals surface area contributed by atoms with Gasteiger partial charge in [-0.05, 0) is 18.4 Å². The lowest BCUT2D eigenvalue weighted by Crippen LogP contribution is -2.39. The number of benzene rings is 1. The summed E-state index contributed by atoms with van der Waals surface area (Å²) in [6, 6.07) is 9.65. The number of halogens is 2. The molecule has 0 saturated carbocycles. The summed E-state index contributed by atoms with van der Waals surface area (Å²) in [5.74, 6) is 0.848. The van der Waals surface area contributed by atoms with Gasteiger partial charge in [0.25, 0.3) is 0 Å². The molecule has 0 unspecified atom stereocenters. The number of likely N-dealkylation sites (tertiary alicyclic amines) is 1. The number of imidazole rings is 1. The normalized spacial score (nSPS) is 17.3. The molecule has 3 heterocycles. The summed E-state index contributed by atoms with van der Waals surface area (Å²) < 4.78 is 7.27. The van der Waals surface area contributed by atoms with E-state index < -0.39 is 0 Å². The van der Waals surface area contributed by atoms with Crippen LogP contribution in [0.2, 0.25) is 10.3 Å². The van der Waals surface area contributed by atoms with Crippen LogP contribution < -0.4 is 0 Å². The molecule has 1 aliphatic rings. The van der Waals surface area contributed by atoms with Crippen LogP contribution in [-0.4, -0.2) is 38.5 Å². The van der Waals surface area contributed by atoms with Crippen LogP contribution in [0.4, 0.5) is 4.79 Å². The lowest BCUT2D eigenvalue weighted by molar-refractivity contribution is 0.0853. The van der Waals surface area contributed by atoms with E-state index in [1.807, 2.05) is 30.3 Å². The number of hydrogen-bond donors (Lipinski definition) is 0. The van der Waals surface area contributed by atoms with Gasteiger partial charge < -0.3 is 9.64 Å². The molecule has 0 aliphatic carbocycles. The lowest BCUT2D eigenvalue weighted by atomic mass is 9.97. The second kappa shape index (κ2) is 7.74. The molecule has 140 valence electrons. The summed E-state index contributed by atoms with van der Waals surface area (Å²) in [4.78, 5) is 22.8. The van der Waals surface area contributed by atoms with E-state index in [4.69, 9.17) is 27.9 Å². The Balaban J connectivity index is 1.48. The van der Waals surface area contributed by atoms with Crippen LogP contribution in [0.1, 0.15) is 30.1 Å². The van der Waals surface area contributed by atoms with Crippen LogP contribution in [0.25, 0.3) is 5.52 Å². The maximum Gasteiger partial charge on any atom is 0.410 e. The zero-order valence-electron chi connectivity index (χ0n) is 14.5. The van der Waals surface area contributed by atoms with Crippen molar-refractivity contribution in [2.45, 2.75) is 25.4 Å². The average molecular weight is 405 g/mol. The van der Waals surface area contributed by atoms with Gasteiger partial charge in [0.1, 0.15) is 23.1 Å². The summed E-state index contributed by atoms with van der Waals surface area (Å²) in [5, 5.41) is 0.804. The van der Waals surface area contributed by atoms with E-state index in [0.717, 1.165) is 24.2 Å². The Hall–Kier alpha value is -2.31. The number of ether oxygens (including phenoxy) is 1. The van der Waals surface area contributed by atoms with Crippen LogP contribution in [0.15, 0.2) is 42.7 Å². The minimum atomic E-state index is -0.310. The third-order valence-corrected chi connectivity index (χ3v) is 5.31. The minimum absolute atomic E-state index is 0.0569. The Morgan fingerprint density at radius 3 is 2.81 bits per heavy atom. The predicted octanol–water partition coefficient (Wildman–Crippen LogP) is 4.55. The molecule has 0 radical (unpaired) electrons. The molecule has 1 aromatic carbocycles. The van der Waals surface area contributed by atoms with Crippen molar-refractivity contribution in [3.63, 3.8) is 0 Å². The van der Waals surface area contributed by atoms with Crippen LogP contribution in [0.5, 0.6) is 0 Å². The maximum atomic E-state index is 12.5. The number of fused-ring (bicyclic) bond motifs is 1. The molecule has 2 aromatic heterocycles. The minimum Gasteiger partial charge on any atom is -0.445 e. The topological polar surface area (TPSA) is 59.7 Å². The van der Waals surface area contributed by atoms with Gasteiger partial charge in [0.15, 0.2) is 5.15 Å². The molecule has 0 spiro atoms. The number of rotatable bonds is 3. The Bertz CT molecular complexity index is 961. The van der Waals surface area contributed by atoms with Gasteiger partial charge in [-0.15, -0.1) is 0 Å². The molecule has 1 atom stereocenters. The summed E-state index contributed by atoms with van der Waals surface area (Å²) in [6.45, 7) is 1.47. The highest BCUT2D eigenvalue weighted by molar-refractivity contribution is 6.33. The van der Waals surface area contributed by atoms with E-state index >= 15 is 0 Å². The molecular formula is C19H18Cl2N4O2. The third-order valence-electron chi connectivity index (χ3n) is 4.75. The van der Waals surface area contributed by atoms with Crippen molar-refractivity contribution >= 4 is 34.8 Å². The lowest BCUT2D eigenvalue weighted by Gasteiger charge is -2.31. The Morgan fingerprint density at radius 2 is 2.00 bits per heavy atom. The van der Waals surface area contributed by atoms with Crippen LogP contribution >= 0.6 is 23.2 Å². The van der Waals surface area contributed by atoms with Crippen molar-refractivity contribution in [3.05, 3.63) is 64.4 Å². The fourth-order valence-electron chi connectivity index (χ4n) is 3.42. The van der Waals surface area contributed by atoms with E-state index in [0.29, 0.717) is 28.9 Å². The van der Waals surface area contributed by atoms with Gasteiger partial charge in [0.05, 0.1) is 12.4 Å². The molecule has 8 heteroatoms. The first-order chi connectivity index (χ1) is 13.1. The highest BCUT2D eigenvalue weighted by Gasteiger charge is 2.29. The zero-order chi connectivity index (χ0) is 18.8. The van der Waals surface area contributed by atoms with Gasteiger partial charge in [-0.25, -0.2) is 14.8 Å². The molecule has 4 rings (SSSR count). The van der Waals surface area contributed by atoms with E-state index in [1.165, 1.54) is 6.20 Å². The average Bonchev–Trinajstić information content (AvgIpc) is 3.16. The van der Waals surface area contributed by atoms with E-state index in [9.17, 15) is 4.79 Å². The predicted molar refractivity (Wildman–Crippen MR) is 103 cm³/mol. The number of amides is 1. The number of nitrogens with zero attached hydrogens (tertiary/aromatic N) is 4. The second-order valence-corrected chi connectivity index (χ2v) is 7.28. The van der Waals surface area contributed by atoms with E-state index in [-0.39, 0.29) is 18.6 Å². The number of piperidine rings is 1. The van der Waals surface area contributed by atoms with Crippen LogP contribution in [0.3, 0.4) is 0 Å². The molecule has 6 nitrogen and oxygen atoms in total. The van der Waals surface area contributed by atoms with Crippen molar-refractivity contribution < 1.29 is 9.53 Å². The molecule has 27 heavy (non-hydrogen) atoms. The first-order valence-electron chi connectivity index (χ1n) is 8.76. The van der Waals surface area contributed by atoms with E-state index in [1.54, 1.807) is 15.5 Å². The van der Waals surface area contributed by atoms with Crippen molar-refractivity contribution in [2.24, 2.45) is 0 Å². The Morgan fingerprint density at radius 1 is 1.19 bits per heavy atom. The number of carbonyl (C=O) groups excluding carboxylic acids is 1. The van der Waals surface area contributed by atoms with Crippen molar-refractivity contribution in [1.29, 1.82) is 0 Å². The maximum absolute atomic E-state index is 12.5. The smallest absolute Gasteiger partial charge is 0.410 e. The quantitative estimate of drug-likeness (QED) is 0.642. The fourth-order valence-corrected chi connectivity index (χ4v) is 3.83. The molecule has 0 bridgehead atoms. The van der Waals surface area contributed by atoms with Gasteiger partial charge in [0, 0.05) is 19.0 Å². The van der Waals surface area contributed by atoms with E-state index in [2.05, 4.69) is 9.97 Å². The van der Waals surface area contributed by atoms with Gasteiger partial charge in [-0.3, -0.25) is 4.40 Å². The Labute approximate surface area is 166 Å². The first kappa shape index (κ1) is 18.1. The highest BCUT2D eigenvalue weighted by Crippen LogP contribution is 2.30. The van der Waals surface area contributed by atoms with Gasteiger partial charge in [0.2, 0.25) is 0 Å². The molecule has 1 aliphatic heterocycles. The monoisotopic (exact) mass is 404 g/mol. The summed E-state index contributed by atoms with van der Waals surface area (Å²) in [7, 11) is 0. The molecule has 0 N–H and O–H groups in total. The summed E-state index contributed by atoms with van der Waals surface area (Å²) >= 11 is 12.5. The number of aromatic nitrogens is 3. The summed E-state index contributed by atoms with van der Waals surface area (Å²) in [6.07, 6.45) is 4.66. The van der Waals surface area contributed by atoms with Gasteiger partial charge in [-0.2, -0.15) is 0 Å². The number of carbonyl (C=O) groups is 1. The molecule has 1 saturated heterocycles. The molecule has 1 fully saturated rings. The van der Waals surface area contributed by atoms with Gasteiger partial charge in [-0.1, -0.05) is 53.5 Å². The largest absolute Gasteiger partial charge is 0.445 e. The standard InChI is InChI=1S/C19H18Cl2N4O2/c20-16-10-22-17(21)15-9-23-18(25(15)16)14-7-4-8-24(11-14)19(26)27-12-13-5-2-1-3-6-13/h1-3,5-6,9-10,14H,4,7-8,11-12H2/t14-/m1/s1. The SMILES string of the molecule is O=C(OCc1ccccc1)N1CCC[C@@H](c2ncc3c(Cl)ncc(Cl)n23)C1. The highest BCUT2D eigenvalue weighted by atomic mass is 35.5. The van der Waals surface area contributed by atoms with Crippen LogP contribution in [0, 0.1) is 0 Å². The summed E-state index contributed by atoms with van der Waals surface area (Å²) in [5.41, 5.74) is 1.63. The second-order valence-electron chi connectivity index (χ2n) is 6.53. The fraction of sp³-hybridized carbons (Fsp3) is 0.316. The van der Waals surface area contributed by atoms with Crippen molar-refractivity contribution in [1.82, 2.24) is 19.3 Å². The number of hydrogen-bond acceptors (Lipinski definition) is 4. The van der Waals surface area contributed by atoms with Crippen molar-refractivity contribution in [2.75, 3.05) is 13.1 Å². The van der Waals surface area contributed by atoms with Gasteiger partial charge >= 0.3 is 6.09 Å². The van der Waals surface area contributed by atoms with Crippen LogP contribution in [-0.2, 0) is 11.3 Å².